The summed E-state index contributed by atoms with van der Waals surface area (Å²) in [5, 5.41) is 12.1. The fraction of sp³-hybridized carbons (Fsp3) is 0.667. The predicted octanol–water partition coefficient (Wildman–Crippen LogP) is 1.01. The molecule has 0 radical (unpaired) electrons. The summed E-state index contributed by atoms with van der Waals surface area (Å²) in [5.41, 5.74) is 0. The van der Waals surface area contributed by atoms with Crippen LogP contribution in [0.25, 0.3) is 0 Å². The van der Waals surface area contributed by atoms with E-state index in [0.29, 0.717) is 12.4 Å². The third-order valence-electron chi connectivity index (χ3n) is 1.73. The molecule has 0 fully saturated rings. The zero-order valence-corrected chi connectivity index (χ0v) is 8.24. The quantitative estimate of drug-likeness (QED) is 0.733. The molecule has 1 heterocycles. The Morgan fingerprint density at radius 1 is 1.62 bits per heavy atom. The van der Waals surface area contributed by atoms with E-state index in [2.05, 4.69) is 10.3 Å². The van der Waals surface area contributed by atoms with Crippen molar-refractivity contribution in [3.8, 4) is 0 Å². The van der Waals surface area contributed by atoms with Crippen molar-refractivity contribution in [3.63, 3.8) is 0 Å². The molecule has 0 aromatic carbocycles. The van der Waals surface area contributed by atoms with Crippen LogP contribution in [0.15, 0.2) is 10.6 Å². The van der Waals surface area contributed by atoms with Gasteiger partial charge in [-0.25, -0.2) is 4.98 Å². The summed E-state index contributed by atoms with van der Waals surface area (Å²) in [7, 11) is 0. The van der Waals surface area contributed by atoms with Crippen molar-refractivity contribution in [2.45, 2.75) is 32.9 Å². The standard InChI is InChI=1S/C9H16N2O2/c1-6(12)4-10-8(3)9-11-5-7(2)13-9/h5-6,8,10,12H,4H2,1-3H3/t6-,8?/m1/s1. The predicted molar refractivity (Wildman–Crippen MR) is 49.3 cm³/mol. The van der Waals surface area contributed by atoms with Gasteiger partial charge in [0.25, 0.3) is 0 Å². The molecule has 4 heteroatoms. The molecule has 0 aliphatic heterocycles. The Balaban J connectivity index is 2.44. The first-order chi connectivity index (χ1) is 6.09. The van der Waals surface area contributed by atoms with E-state index >= 15 is 0 Å². The van der Waals surface area contributed by atoms with Crippen molar-refractivity contribution in [1.82, 2.24) is 10.3 Å². The molecule has 1 rings (SSSR count). The maximum atomic E-state index is 9.04. The van der Waals surface area contributed by atoms with E-state index < -0.39 is 0 Å². The smallest absolute Gasteiger partial charge is 0.211 e. The van der Waals surface area contributed by atoms with E-state index in [1.54, 1.807) is 13.1 Å². The molecule has 1 unspecified atom stereocenters. The van der Waals surface area contributed by atoms with Crippen molar-refractivity contribution < 1.29 is 9.52 Å². The largest absolute Gasteiger partial charge is 0.444 e. The van der Waals surface area contributed by atoms with Gasteiger partial charge in [0.2, 0.25) is 5.89 Å². The number of aromatic nitrogens is 1. The number of hydrogen-bond donors (Lipinski definition) is 2. The summed E-state index contributed by atoms with van der Waals surface area (Å²) in [5.74, 6) is 1.47. The zero-order chi connectivity index (χ0) is 9.84. The fourth-order valence-corrected chi connectivity index (χ4v) is 1.01. The number of aliphatic hydroxyl groups is 1. The van der Waals surface area contributed by atoms with E-state index in [1.165, 1.54) is 0 Å². The molecule has 2 N–H and O–H groups in total. The van der Waals surface area contributed by atoms with Crippen molar-refractivity contribution in [2.75, 3.05) is 6.54 Å². The minimum absolute atomic E-state index is 0.0447. The number of oxazole rings is 1. The minimum Gasteiger partial charge on any atom is -0.444 e. The summed E-state index contributed by atoms with van der Waals surface area (Å²) in [6.45, 7) is 6.09. The molecule has 13 heavy (non-hydrogen) atoms. The van der Waals surface area contributed by atoms with Crippen molar-refractivity contribution in [1.29, 1.82) is 0 Å². The van der Waals surface area contributed by atoms with Crippen LogP contribution in [0.4, 0.5) is 0 Å². The van der Waals surface area contributed by atoms with Crippen LogP contribution in [0.1, 0.15) is 31.5 Å². The molecule has 74 valence electrons. The summed E-state index contributed by atoms with van der Waals surface area (Å²) in [4.78, 5) is 4.08. The van der Waals surface area contributed by atoms with Crippen molar-refractivity contribution in [2.24, 2.45) is 0 Å². The van der Waals surface area contributed by atoms with Gasteiger partial charge in [-0.1, -0.05) is 0 Å². The van der Waals surface area contributed by atoms with Gasteiger partial charge >= 0.3 is 0 Å². The molecule has 0 aliphatic carbocycles. The van der Waals surface area contributed by atoms with Gasteiger partial charge in [0, 0.05) is 6.54 Å². The average molecular weight is 184 g/mol. The summed E-state index contributed by atoms with van der Waals surface area (Å²) in [6.07, 6.45) is 1.34. The SMILES string of the molecule is Cc1cnc(C(C)NC[C@@H](C)O)o1. The van der Waals surface area contributed by atoms with E-state index in [9.17, 15) is 0 Å². The summed E-state index contributed by atoms with van der Waals surface area (Å²) < 4.78 is 5.32. The van der Waals surface area contributed by atoms with Crippen LogP contribution in [0, 0.1) is 6.92 Å². The molecule has 0 saturated carbocycles. The van der Waals surface area contributed by atoms with E-state index in [-0.39, 0.29) is 12.1 Å². The lowest BCUT2D eigenvalue weighted by atomic mass is 10.3. The number of rotatable bonds is 4. The molecule has 1 aromatic heterocycles. The van der Waals surface area contributed by atoms with Crippen molar-refractivity contribution in [3.05, 3.63) is 17.8 Å². The minimum atomic E-state index is -0.349. The lowest BCUT2D eigenvalue weighted by Crippen LogP contribution is -2.27. The van der Waals surface area contributed by atoms with Gasteiger partial charge in [-0.15, -0.1) is 0 Å². The molecular formula is C9H16N2O2. The maximum Gasteiger partial charge on any atom is 0.211 e. The lowest BCUT2D eigenvalue weighted by molar-refractivity contribution is 0.184. The van der Waals surface area contributed by atoms with Crippen LogP contribution in [-0.4, -0.2) is 22.7 Å². The second-order valence-corrected chi connectivity index (χ2v) is 3.29. The lowest BCUT2D eigenvalue weighted by Gasteiger charge is -2.11. The highest BCUT2D eigenvalue weighted by atomic mass is 16.4. The molecule has 0 saturated heterocycles. The maximum absolute atomic E-state index is 9.04. The van der Waals surface area contributed by atoms with Gasteiger partial charge < -0.3 is 14.8 Å². The molecule has 2 atom stereocenters. The Kier molecular flexibility index (Phi) is 3.45. The van der Waals surface area contributed by atoms with Crippen LogP contribution in [0.5, 0.6) is 0 Å². The van der Waals surface area contributed by atoms with Crippen LogP contribution in [-0.2, 0) is 0 Å². The number of aliphatic hydroxyl groups excluding tert-OH is 1. The Hall–Kier alpha value is -0.870. The number of hydrogen-bond acceptors (Lipinski definition) is 4. The molecule has 0 spiro atoms. The summed E-state index contributed by atoms with van der Waals surface area (Å²) >= 11 is 0. The zero-order valence-electron chi connectivity index (χ0n) is 8.24. The van der Waals surface area contributed by atoms with Gasteiger partial charge in [-0.2, -0.15) is 0 Å². The third-order valence-corrected chi connectivity index (χ3v) is 1.73. The highest BCUT2D eigenvalue weighted by molar-refractivity contribution is 4.94. The van der Waals surface area contributed by atoms with E-state index in [4.69, 9.17) is 9.52 Å². The van der Waals surface area contributed by atoms with E-state index in [1.807, 2.05) is 13.8 Å². The van der Waals surface area contributed by atoms with Crippen LogP contribution in [0.2, 0.25) is 0 Å². The molecule has 1 aromatic rings. The Morgan fingerprint density at radius 3 is 2.77 bits per heavy atom. The highest BCUT2D eigenvalue weighted by Crippen LogP contribution is 2.11. The number of aryl methyl sites for hydroxylation is 1. The van der Waals surface area contributed by atoms with Gasteiger partial charge in [0.1, 0.15) is 5.76 Å². The van der Waals surface area contributed by atoms with Gasteiger partial charge in [0.15, 0.2) is 0 Å². The molecule has 4 nitrogen and oxygen atoms in total. The molecule has 0 aliphatic rings. The molecule has 0 bridgehead atoms. The fourth-order valence-electron chi connectivity index (χ4n) is 1.01. The molecule has 0 amide bonds. The van der Waals surface area contributed by atoms with Crippen molar-refractivity contribution >= 4 is 0 Å². The Labute approximate surface area is 78.0 Å². The first-order valence-corrected chi connectivity index (χ1v) is 4.43. The summed E-state index contributed by atoms with van der Waals surface area (Å²) in [6, 6.07) is 0.0447. The molecular weight excluding hydrogens is 168 g/mol. The first kappa shape index (κ1) is 10.2. The highest BCUT2D eigenvalue weighted by Gasteiger charge is 2.10. The normalized spacial score (nSPS) is 15.7. The first-order valence-electron chi connectivity index (χ1n) is 4.43. The number of nitrogens with one attached hydrogen (secondary N) is 1. The topological polar surface area (TPSA) is 58.3 Å². The Morgan fingerprint density at radius 2 is 2.31 bits per heavy atom. The Bertz CT molecular complexity index is 258. The van der Waals surface area contributed by atoms with Gasteiger partial charge in [0.05, 0.1) is 18.3 Å². The average Bonchev–Trinajstić information content (AvgIpc) is 2.47. The van der Waals surface area contributed by atoms with Crippen LogP contribution >= 0.6 is 0 Å². The van der Waals surface area contributed by atoms with Gasteiger partial charge in [-0.3, -0.25) is 0 Å². The van der Waals surface area contributed by atoms with Gasteiger partial charge in [-0.05, 0) is 20.8 Å². The second kappa shape index (κ2) is 4.39. The second-order valence-electron chi connectivity index (χ2n) is 3.29. The van der Waals surface area contributed by atoms with E-state index in [0.717, 1.165) is 5.76 Å². The van der Waals surface area contributed by atoms with Crippen LogP contribution < -0.4 is 5.32 Å². The third kappa shape index (κ3) is 3.16. The monoisotopic (exact) mass is 184 g/mol. The van der Waals surface area contributed by atoms with Crippen LogP contribution in [0.3, 0.4) is 0 Å². The number of nitrogens with zero attached hydrogens (tertiary/aromatic N) is 1.